The molecular weight excluding hydrogens is 296 g/mol. The molecule has 0 saturated carbocycles. The topological polar surface area (TPSA) is 0 Å². The minimum absolute atomic E-state index is 0.0348. The van der Waals surface area contributed by atoms with E-state index < -0.39 is 0 Å². The SMILES string of the molecule is C=C/C=C\C=C\[S+](c1ccccc1)c1ccc(CCCC)cc1. The molecule has 0 aromatic heterocycles. The van der Waals surface area contributed by atoms with Crippen molar-refractivity contribution in [2.45, 2.75) is 36.0 Å². The first-order chi connectivity index (χ1) is 11.3. The molecule has 23 heavy (non-hydrogen) atoms. The van der Waals surface area contributed by atoms with Gasteiger partial charge in [0.1, 0.15) is 5.41 Å². The van der Waals surface area contributed by atoms with E-state index in [0.717, 1.165) is 0 Å². The van der Waals surface area contributed by atoms with Gasteiger partial charge in [0.2, 0.25) is 0 Å². The lowest BCUT2D eigenvalue weighted by molar-refractivity contribution is 0.794. The zero-order valence-corrected chi connectivity index (χ0v) is 14.6. The summed E-state index contributed by atoms with van der Waals surface area (Å²) in [7, 11) is -0.0348. The molecule has 2 rings (SSSR count). The Balaban J connectivity index is 2.24. The van der Waals surface area contributed by atoms with Gasteiger partial charge in [-0.3, -0.25) is 0 Å². The highest BCUT2D eigenvalue weighted by atomic mass is 32.2. The van der Waals surface area contributed by atoms with E-state index in [9.17, 15) is 0 Å². The van der Waals surface area contributed by atoms with Crippen LogP contribution < -0.4 is 0 Å². The molecule has 2 aromatic carbocycles. The van der Waals surface area contributed by atoms with E-state index in [-0.39, 0.29) is 10.9 Å². The van der Waals surface area contributed by atoms with E-state index in [1.807, 2.05) is 12.2 Å². The van der Waals surface area contributed by atoms with Crippen LogP contribution in [0.3, 0.4) is 0 Å². The molecular formula is C22H25S+. The lowest BCUT2D eigenvalue weighted by atomic mass is 10.1. The Bertz CT molecular complexity index is 635. The lowest BCUT2D eigenvalue weighted by Crippen LogP contribution is -2.00. The second-order valence-electron chi connectivity index (χ2n) is 5.35. The maximum atomic E-state index is 3.71. The van der Waals surface area contributed by atoms with Gasteiger partial charge in [0.15, 0.2) is 9.79 Å². The van der Waals surface area contributed by atoms with Crippen molar-refractivity contribution in [2.24, 2.45) is 0 Å². The second kappa shape index (κ2) is 9.91. The minimum Gasteiger partial charge on any atom is -0.0991 e. The van der Waals surface area contributed by atoms with E-state index in [2.05, 4.69) is 79.6 Å². The number of rotatable bonds is 8. The third-order valence-corrected chi connectivity index (χ3v) is 5.56. The van der Waals surface area contributed by atoms with Crippen LogP contribution in [0.4, 0.5) is 0 Å². The number of allylic oxidation sites excluding steroid dienone is 4. The summed E-state index contributed by atoms with van der Waals surface area (Å²) in [6.45, 7) is 5.95. The van der Waals surface area contributed by atoms with Gasteiger partial charge in [-0.1, -0.05) is 68.5 Å². The molecule has 0 saturated heterocycles. The van der Waals surface area contributed by atoms with Crippen LogP contribution >= 0.6 is 0 Å². The fourth-order valence-corrected chi connectivity index (χ4v) is 4.02. The van der Waals surface area contributed by atoms with Crippen molar-refractivity contribution < 1.29 is 0 Å². The normalized spacial score (nSPS) is 12.7. The van der Waals surface area contributed by atoms with Crippen LogP contribution in [-0.2, 0) is 17.3 Å². The average Bonchev–Trinajstić information content (AvgIpc) is 2.61. The van der Waals surface area contributed by atoms with Gasteiger partial charge in [-0.2, -0.15) is 0 Å². The molecule has 2 aromatic rings. The number of benzene rings is 2. The summed E-state index contributed by atoms with van der Waals surface area (Å²) < 4.78 is 0. The molecule has 0 amide bonds. The molecule has 0 N–H and O–H groups in total. The lowest BCUT2D eigenvalue weighted by Gasteiger charge is -2.05. The van der Waals surface area contributed by atoms with Crippen LogP contribution in [-0.4, -0.2) is 0 Å². The molecule has 1 unspecified atom stereocenters. The van der Waals surface area contributed by atoms with Crippen LogP contribution in [0.1, 0.15) is 25.3 Å². The Morgan fingerprint density at radius 2 is 1.57 bits per heavy atom. The monoisotopic (exact) mass is 321 g/mol. The number of hydrogen-bond acceptors (Lipinski definition) is 0. The standard InChI is InChI=1S/C22H25S/c1-3-5-7-11-19-23(21-13-9-8-10-14-21)22-17-15-20(16-18-22)12-6-4-2/h3,5,7-11,13-19H,1,4,6,12H2,2H3/q+1/b7-5-,19-11+. The molecule has 1 heteroatoms. The summed E-state index contributed by atoms with van der Waals surface area (Å²) in [5.41, 5.74) is 1.43. The molecule has 0 fully saturated rings. The zero-order chi connectivity index (χ0) is 16.3. The average molecular weight is 322 g/mol. The molecule has 0 heterocycles. The number of unbranched alkanes of at least 4 members (excludes halogenated alkanes) is 1. The molecule has 0 radical (unpaired) electrons. The second-order valence-corrected chi connectivity index (χ2v) is 7.24. The maximum absolute atomic E-state index is 3.71. The summed E-state index contributed by atoms with van der Waals surface area (Å²) in [6.07, 6.45) is 11.6. The highest BCUT2D eigenvalue weighted by Gasteiger charge is 2.21. The van der Waals surface area contributed by atoms with Crippen LogP contribution in [0.15, 0.2) is 101 Å². The summed E-state index contributed by atoms with van der Waals surface area (Å²) in [5.74, 6) is 0. The Morgan fingerprint density at radius 3 is 2.22 bits per heavy atom. The third kappa shape index (κ3) is 5.61. The van der Waals surface area contributed by atoms with Crippen molar-refractivity contribution in [1.82, 2.24) is 0 Å². The maximum Gasteiger partial charge on any atom is 0.165 e. The molecule has 0 bridgehead atoms. The third-order valence-electron chi connectivity index (χ3n) is 3.57. The van der Waals surface area contributed by atoms with Crippen LogP contribution in [0.5, 0.6) is 0 Å². The van der Waals surface area contributed by atoms with Gasteiger partial charge in [0, 0.05) is 0 Å². The Kier molecular flexibility index (Phi) is 7.48. The van der Waals surface area contributed by atoms with E-state index >= 15 is 0 Å². The van der Waals surface area contributed by atoms with E-state index in [1.54, 1.807) is 6.08 Å². The van der Waals surface area contributed by atoms with Gasteiger partial charge < -0.3 is 0 Å². The van der Waals surface area contributed by atoms with Crippen LogP contribution in [0.2, 0.25) is 0 Å². The van der Waals surface area contributed by atoms with E-state index in [0.29, 0.717) is 0 Å². The molecule has 0 aliphatic rings. The van der Waals surface area contributed by atoms with Crippen molar-refractivity contribution in [3.63, 3.8) is 0 Å². The quantitative estimate of drug-likeness (QED) is 0.394. The van der Waals surface area contributed by atoms with Gasteiger partial charge in [-0.05, 0) is 48.7 Å². The van der Waals surface area contributed by atoms with Gasteiger partial charge in [0.05, 0.1) is 10.9 Å². The first-order valence-corrected chi connectivity index (χ1v) is 9.47. The Hall–Kier alpha value is -1.99. The molecule has 118 valence electrons. The molecule has 0 nitrogen and oxygen atoms in total. The summed E-state index contributed by atoms with van der Waals surface area (Å²) >= 11 is 0. The fourth-order valence-electron chi connectivity index (χ4n) is 2.31. The minimum atomic E-state index is -0.0348. The molecule has 0 spiro atoms. The summed E-state index contributed by atoms with van der Waals surface area (Å²) in [5, 5.41) is 2.27. The van der Waals surface area contributed by atoms with Crippen molar-refractivity contribution in [1.29, 1.82) is 0 Å². The predicted molar refractivity (Wildman–Crippen MR) is 104 cm³/mol. The Labute approximate surface area is 143 Å². The number of hydrogen-bond donors (Lipinski definition) is 0. The molecule has 0 aliphatic carbocycles. The number of aryl methyl sites for hydroxylation is 1. The summed E-state index contributed by atoms with van der Waals surface area (Å²) in [4.78, 5) is 2.71. The van der Waals surface area contributed by atoms with Crippen molar-refractivity contribution in [3.05, 3.63) is 96.5 Å². The van der Waals surface area contributed by atoms with Crippen LogP contribution in [0, 0.1) is 0 Å². The first kappa shape index (κ1) is 17.4. The zero-order valence-electron chi connectivity index (χ0n) is 13.8. The molecule has 0 aliphatic heterocycles. The smallest absolute Gasteiger partial charge is 0.0991 e. The highest BCUT2D eigenvalue weighted by Crippen LogP contribution is 2.25. The van der Waals surface area contributed by atoms with Crippen LogP contribution in [0.25, 0.3) is 0 Å². The molecule has 1 atom stereocenters. The van der Waals surface area contributed by atoms with Crippen molar-refractivity contribution >= 4 is 10.9 Å². The van der Waals surface area contributed by atoms with Gasteiger partial charge in [-0.25, -0.2) is 0 Å². The predicted octanol–water partition coefficient (Wildman–Crippen LogP) is 6.32. The van der Waals surface area contributed by atoms with E-state index in [1.165, 1.54) is 34.6 Å². The summed E-state index contributed by atoms with van der Waals surface area (Å²) in [6, 6.07) is 19.8. The van der Waals surface area contributed by atoms with Crippen molar-refractivity contribution in [3.8, 4) is 0 Å². The highest BCUT2D eigenvalue weighted by molar-refractivity contribution is 7.99. The van der Waals surface area contributed by atoms with Gasteiger partial charge in [-0.15, -0.1) is 0 Å². The van der Waals surface area contributed by atoms with Gasteiger partial charge >= 0.3 is 0 Å². The largest absolute Gasteiger partial charge is 0.165 e. The van der Waals surface area contributed by atoms with Gasteiger partial charge in [0.25, 0.3) is 0 Å². The first-order valence-electron chi connectivity index (χ1n) is 8.18. The van der Waals surface area contributed by atoms with Crippen molar-refractivity contribution in [2.75, 3.05) is 0 Å². The fraction of sp³-hybridized carbons (Fsp3) is 0.182. The Morgan fingerprint density at radius 1 is 0.870 bits per heavy atom. The van der Waals surface area contributed by atoms with E-state index in [4.69, 9.17) is 0 Å².